The summed E-state index contributed by atoms with van der Waals surface area (Å²) < 4.78 is 6.71. The van der Waals surface area contributed by atoms with E-state index in [9.17, 15) is 15.3 Å². The highest BCUT2D eigenvalue weighted by molar-refractivity contribution is 5.82. The average molecular weight is 307 g/mol. The van der Waals surface area contributed by atoms with Gasteiger partial charge in [0.1, 0.15) is 6.10 Å². The lowest BCUT2D eigenvalue weighted by Gasteiger charge is -2.23. The fourth-order valence-electron chi connectivity index (χ4n) is 3.78. The standard InChI is InChI=1S/C13H17N5O4/c1-22-12-16-10(14)6-11(17-12)18(4-15-6)7-5-2-13(5,3-19)9(21)8(7)20/h4-5,7-9,19-21H,2-3H2,1H3,(H2,14,16,17)/t5-,7-,8+,9+,13+/m1/s1. The first-order chi connectivity index (χ1) is 10.5. The molecule has 5 N–H and O–H groups in total. The first kappa shape index (κ1) is 13.7. The largest absolute Gasteiger partial charge is 0.467 e. The van der Waals surface area contributed by atoms with Crippen molar-refractivity contribution >= 4 is 17.0 Å². The van der Waals surface area contributed by atoms with E-state index in [2.05, 4.69) is 15.0 Å². The van der Waals surface area contributed by atoms with Gasteiger partial charge in [-0.05, 0) is 12.3 Å². The van der Waals surface area contributed by atoms with E-state index in [1.807, 2.05) is 0 Å². The van der Waals surface area contributed by atoms with Gasteiger partial charge in [-0.1, -0.05) is 0 Å². The number of aromatic nitrogens is 4. The summed E-state index contributed by atoms with van der Waals surface area (Å²) in [5.74, 6) is 0.167. The molecule has 0 radical (unpaired) electrons. The van der Waals surface area contributed by atoms with Gasteiger partial charge < -0.3 is 30.4 Å². The van der Waals surface area contributed by atoms with Crippen molar-refractivity contribution in [2.24, 2.45) is 11.3 Å². The Hall–Kier alpha value is -1.97. The monoisotopic (exact) mass is 307 g/mol. The molecule has 22 heavy (non-hydrogen) atoms. The predicted octanol–water partition coefficient (Wildman–Crippen LogP) is -1.31. The Morgan fingerprint density at radius 1 is 1.45 bits per heavy atom. The molecule has 0 unspecified atom stereocenters. The molecule has 2 aliphatic carbocycles. The Bertz CT molecular complexity index is 749. The number of aliphatic hydroxyl groups excluding tert-OH is 3. The van der Waals surface area contributed by atoms with Crippen LogP contribution in [0.15, 0.2) is 6.33 Å². The zero-order valence-corrected chi connectivity index (χ0v) is 11.9. The average Bonchev–Trinajstić information content (AvgIpc) is 3.03. The SMILES string of the molecule is COc1nc(N)c2ncn([C@H]3[C@H](O)[C@H](O)[C@]4(CO)C[C@H]34)c2n1. The first-order valence-electron chi connectivity index (χ1n) is 7.04. The van der Waals surface area contributed by atoms with Crippen LogP contribution in [0.25, 0.3) is 11.2 Å². The van der Waals surface area contributed by atoms with Gasteiger partial charge >= 0.3 is 6.01 Å². The van der Waals surface area contributed by atoms with Crippen LogP contribution in [0.5, 0.6) is 6.01 Å². The molecule has 2 aliphatic rings. The molecule has 0 amide bonds. The van der Waals surface area contributed by atoms with E-state index in [4.69, 9.17) is 10.5 Å². The molecule has 0 spiro atoms. The van der Waals surface area contributed by atoms with Gasteiger partial charge in [-0.15, -0.1) is 0 Å². The second-order valence-corrected chi connectivity index (χ2v) is 6.05. The van der Waals surface area contributed by atoms with E-state index in [1.54, 1.807) is 4.57 Å². The van der Waals surface area contributed by atoms with E-state index in [1.165, 1.54) is 13.4 Å². The number of anilines is 1. The number of nitrogen functional groups attached to an aromatic ring is 1. The van der Waals surface area contributed by atoms with Gasteiger partial charge in [0.25, 0.3) is 0 Å². The molecule has 2 heterocycles. The number of nitrogens with two attached hydrogens (primary N) is 1. The second-order valence-electron chi connectivity index (χ2n) is 6.05. The number of ether oxygens (including phenoxy) is 1. The molecule has 9 nitrogen and oxygen atoms in total. The lowest BCUT2D eigenvalue weighted by Crippen LogP contribution is -2.35. The number of nitrogens with zero attached hydrogens (tertiary/aromatic N) is 4. The molecule has 2 aromatic heterocycles. The Morgan fingerprint density at radius 3 is 2.86 bits per heavy atom. The Labute approximate surface area is 125 Å². The number of aliphatic hydroxyl groups is 3. The van der Waals surface area contributed by atoms with Crippen molar-refractivity contribution < 1.29 is 20.1 Å². The summed E-state index contributed by atoms with van der Waals surface area (Å²) in [4.78, 5) is 12.4. The number of fused-ring (bicyclic) bond motifs is 2. The zero-order chi connectivity index (χ0) is 15.6. The van der Waals surface area contributed by atoms with Crippen LogP contribution in [0.1, 0.15) is 12.5 Å². The number of imidazole rings is 1. The van der Waals surface area contributed by atoms with Crippen LogP contribution in [0.3, 0.4) is 0 Å². The third kappa shape index (κ3) is 1.50. The van der Waals surface area contributed by atoms with E-state index < -0.39 is 23.7 Å². The van der Waals surface area contributed by atoms with Crippen LogP contribution in [-0.4, -0.2) is 60.8 Å². The Morgan fingerprint density at radius 2 is 2.23 bits per heavy atom. The van der Waals surface area contributed by atoms with Crippen LogP contribution in [0, 0.1) is 11.3 Å². The predicted molar refractivity (Wildman–Crippen MR) is 75.0 cm³/mol. The molecule has 9 heteroatoms. The van der Waals surface area contributed by atoms with Crippen molar-refractivity contribution in [1.29, 1.82) is 0 Å². The molecule has 0 saturated heterocycles. The first-order valence-corrected chi connectivity index (χ1v) is 7.04. The van der Waals surface area contributed by atoms with E-state index in [0.29, 0.717) is 17.6 Å². The maximum atomic E-state index is 10.4. The number of hydrogen-bond donors (Lipinski definition) is 4. The van der Waals surface area contributed by atoms with Crippen molar-refractivity contribution in [2.45, 2.75) is 24.7 Å². The van der Waals surface area contributed by atoms with Crippen LogP contribution in [-0.2, 0) is 0 Å². The molecule has 4 rings (SSSR count). The minimum atomic E-state index is -0.995. The fraction of sp³-hybridized carbons (Fsp3) is 0.615. The van der Waals surface area contributed by atoms with Gasteiger partial charge in [0.05, 0.1) is 32.2 Å². The number of methoxy groups -OCH3 is 1. The van der Waals surface area contributed by atoms with Gasteiger partial charge in [0.2, 0.25) is 0 Å². The fourth-order valence-corrected chi connectivity index (χ4v) is 3.78. The maximum Gasteiger partial charge on any atom is 0.320 e. The maximum absolute atomic E-state index is 10.4. The van der Waals surface area contributed by atoms with Crippen LogP contribution in [0.2, 0.25) is 0 Å². The molecule has 2 saturated carbocycles. The van der Waals surface area contributed by atoms with Gasteiger partial charge in [0.15, 0.2) is 17.0 Å². The van der Waals surface area contributed by atoms with Crippen LogP contribution in [0.4, 0.5) is 5.82 Å². The molecule has 118 valence electrons. The van der Waals surface area contributed by atoms with E-state index in [-0.39, 0.29) is 24.4 Å². The summed E-state index contributed by atoms with van der Waals surface area (Å²) in [7, 11) is 1.44. The van der Waals surface area contributed by atoms with Crippen LogP contribution < -0.4 is 10.5 Å². The lowest BCUT2D eigenvalue weighted by molar-refractivity contribution is -0.0300. The minimum Gasteiger partial charge on any atom is -0.467 e. The normalized spacial score (nSPS) is 36.5. The summed E-state index contributed by atoms with van der Waals surface area (Å²) >= 11 is 0. The highest BCUT2D eigenvalue weighted by atomic mass is 16.5. The molecule has 0 bridgehead atoms. The number of hydrogen-bond acceptors (Lipinski definition) is 8. The highest BCUT2D eigenvalue weighted by Crippen LogP contribution is 2.67. The molecule has 2 fully saturated rings. The summed E-state index contributed by atoms with van der Waals surface area (Å²) in [6.07, 6.45) is 0.224. The lowest BCUT2D eigenvalue weighted by atomic mass is 10.0. The van der Waals surface area contributed by atoms with Crippen LogP contribution >= 0.6 is 0 Å². The molecule has 0 aromatic carbocycles. The Kier molecular flexibility index (Phi) is 2.66. The highest BCUT2D eigenvalue weighted by Gasteiger charge is 2.71. The van der Waals surface area contributed by atoms with Gasteiger partial charge in [-0.25, -0.2) is 4.98 Å². The van der Waals surface area contributed by atoms with E-state index >= 15 is 0 Å². The number of rotatable bonds is 3. The molecule has 0 aliphatic heterocycles. The van der Waals surface area contributed by atoms with Gasteiger partial charge in [-0.2, -0.15) is 9.97 Å². The van der Waals surface area contributed by atoms with Crippen molar-refractivity contribution in [3.63, 3.8) is 0 Å². The van der Waals surface area contributed by atoms with Crippen molar-refractivity contribution in [1.82, 2.24) is 19.5 Å². The quantitative estimate of drug-likeness (QED) is 0.548. The van der Waals surface area contributed by atoms with E-state index in [0.717, 1.165) is 0 Å². The topological polar surface area (TPSA) is 140 Å². The third-order valence-corrected chi connectivity index (χ3v) is 5.08. The van der Waals surface area contributed by atoms with Gasteiger partial charge in [0, 0.05) is 5.41 Å². The molecular formula is C13H17N5O4. The molecular weight excluding hydrogens is 290 g/mol. The smallest absolute Gasteiger partial charge is 0.320 e. The van der Waals surface area contributed by atoms with Crippen molar-refractivity contribution in [3.8, 4) is 6.01 Å². The summed E-state index contributed by atoms with van der Waals surface area (Å²) in [6, 6.07) is -0.296. The third-order valence-electron chi connectivity index (χ3n) is 5.08. The van der Waals surface area contributed by atoms with Crippen molar-refractivity contribution in [3.05, 3.63) is 6.33 Å². The van der Waals surface area contributed by atoms with Crippen molar-refractivity contribution in [2.75, 3.05) is 19.5 Å². The van der Waals surface area contributed by atoms with Gasteiger partial charge in [-0.3, -0.25) is 0 Å². The zero-order valence-electron chi connectivity index (χ0n) is 11.9. The minimum absolute atomic E-state index is 0.0258. The Balaban J connectivity index is 1.84. The molecule has 5 atom stereocenters. The summed E-state index contributed by atoms with van der Waals surface area (Å²) in [6.45, 7) is -0.153. The summed E-state index contributed by atoms with van der Waals surface area (Å²) in [5, 5.41) is 30.1. The second kappa shape index (κ2) is 4.28. The molecule has 2 aromatic rings. The summed E-state index contributed by atoms with van der Waals surface area (Å²) in [5.41, 5.74) is 6.09.